The van der Waals surface area contributed by atoms with Gasteiger partial charge in [-0.25, -0.2) is 0 Å². The number of halogens is 3. The number of carbonyl (C=O) groups excluding carboxylic acids is 1. The van der Waals surface area contributed by atoms with Crippen molar-refractivity contribution in [2.45, 2.75) is 32.5 Å². The quantitative estimate of drug-likeness (QED) is 0.810. The van der Waals surface area contributed by atoms with Gasteiger partial charge in [0.15, 0.2) is 0 Å². The van der Waals surface area contributed by atoms with E-state index in [1.54, 1.807) is 0 Å². The fraction of sp³-hybridized carbons (Fsp3) is 0.471. The molecule has 1 amide bonds. The van der Waals surface area contributed by atoms with Crippen molar-refractivity contribution in [2.75, 3.05) is 20.1 Å². The van der Waals surface area contributed by atoms with Gasteiger partial charge in [-0.2, -0.15) is 18.2 Å². The second-order valence-corrected chi connectivity index (χ2v) is 6.13. The maximum absolute atomic E-state index is 12.5. The lowest BCUT2D eigenvalue weighted by molar-refractivity contribution is -0.159. The third-order valence-electron chi connectivity index (χ3n) is 3.64. The van der Waals surface area contributed by atoms with Crippen molar-refractivity contribution in [2.24, 2.45) is 0 Å². The first-order valence-electron chi connectivity index (χ1n) is 8.21. The lowest BCUT2D eigenvalue weighted by Crippen LogP contribution is -2.40. The number of carbonyl (C=O) groups is 1. The maximum atomic E-state index is 12.5. The smallest absolute Gasteiger partial charge is 0.348 e. The molecule has 2 aromatic rings. The molecule has 0 radical (unpaired) electrons. The van der Waals surface area contributed by atoms with Crippen LogP contribution < -0.4 is 5.32 Å². The van der Waals surface area contributed by atoms with Gasteiger partial charge in [0.05, 0.1) is 0 Å². The molecule has 6 nitrogen and oxygen atoms in total. The summed E-state index contributed by atoms with van der Waals surface area (Å²) in [5.74, 6) is -1.84. The summed E-state index contributed by atoms with van der Waals surface area (Å²) in [6, 6.07) is 5.94. The van der Waals surface area contributed by atoms with Gasteiger partial charge in [-0.05, 0) is 39.1 Å². The Balaban J connectivity index is 2.00. The molecule has 0 saturated carbocycles. The Kier molecular flexibility index (Phi) is 6.36. The number of alkyl halides is 3. The predicted octanol–water partition coefficient (Wildman–Crippen LogP) is 3.22. The number of rotatable bonds is 7. The average molecular weight is 370 g/mol. The lowest BCUT2D eigenvalue weighted by atomic mass is 10.1. The first-order valence-corrected chi connectivity index (χ1v) is 8.21. The van der Waals surface area contributed by atoms with Crippen LogP contribution in [-0.4, -0.2) is 47.1 Å². The van der Waals surface area contributed by atoms with Crippen LogP contribution in [-0.2, 0) is 6.18 Å². The Morgan fingerprint density at radius 2 is 1.96 bits per heavy atom. The summed E-state index contributed by atoms with van der Waals surface area (Å²) in [5.41, 5.74) is 0.731. The van der Waals surface area contributed by atoms with E-state index >= 15 is 0 Å². The Morgan fingerprint density at radius 1 is 1.31 bits per heavy atom. The molecule has 0 aliphatic rings. The van der Waals surface area contributed by atoms with Gasteiger partial charge in [-0.3, -0.25) is 4.79 Å². The van der Waals surface area contributed by atoms with E-state index in [1.807, 2.05) is 14.0 Å². The first-order chi connectivity index (χ1) is 12.2. The molecule has 2 rings (SSSR count). The van der Waals surface area contributed by atoms with Crippen LogP contribution in [0.25, 0.3) is 11.4 Å². The summed E-state index contributed by atoms with van der Waals surface area (Å²) < 4.78 is 41.7. The number of aromatic nitrogens is 2. The summed E-state index contributed by atoms with van der Waals surface area (Å²) in [6.07, 6.45) is -3.66. The van der Waals surface area contributed by atoms with Gasteiger partial charge in [-0.1, -0.05) is 24.2 Å². The monoisotopic (exact) mass is 370 g/mol. The highest BCUT2D eigenvalue weighted by Crippen LogP contribution is 2.29. The van der Waals surface area contributed by atoms with E-state index < -0.39 is 12.1 Å². The molecule has 0 spiro atoms. The second-order valence-electron chi connectivity index (χ2n) is 6.13. The van der Waals surface area contributed by atoms with E-state index in [9.17, 15) is 18.0 Å². The zero-order valence-electron chi connectivity index (χ0n) is 14.8. The van der Waals surface area contributed by atoms with Gasteiger partial charge >= 0.3 is 12.1 Å². The van der Waals surface area contributed by atoms with Gasteiger partial charge in [0, 0.05) is 23.7 Å². The van der Waals surface area contributed by atoms with Gasteiger partial charge < -0.3 is 14.7 Å². The molecule has 0 saturated heterocycles. The van der Waals surface area contributed by atoms with Gasteiger partial charge in [0.1, 0.15) is 0 Å². The van der Waals surface area contributed by atoms with Crippen molar-refractivity contribution < 1.29 is 22.5 Å². The molecule has 1 aromatic heterocycles. The summed E-state index contributed by atoms with van der Waals surface area (Å²) >= 11 is 0. The molecular weight excluding hydrogens is 349 g/mol. The molecule has 0 bridgehead atoms. The van der Waals surface area contributed by atoms with Crippen LogP contribution in [0, 0.1) is 0 Å². The number of nitrogens with one attached hydrogen (secondary N) is 1. The van der Waals surface area contributed by atoms with Crippen LogP contribution in [0.5, 0.6) is 0 Å². The normalized spacial score (nSPS) is 13.0. The zero-order valence-corrected chi connectivity index (χ0v) is 14.8. The predicted molar refractivity (Wildman–Crippen MR) is 89.5 cm³/mol. The largest absolute Gasteiger partial charge is 0.471 e. The van der Waals surface area contributed by atoms with Crippen LogP contribution in [0.1, 0.15) is 36.5 Å². The minimum Gasteiger partial charge on any atom is -0.348 e. The van der Waals surface area contributed by atoms with Gasteiger partial charge in [-0.15, -0.1) is 0 Å². The first kappa shape index (κ1) is 19.9. The molecule has 26 heavy (non-hydrogen) atoms. The number of benzene rings is 1. The molecular formula is C17H21F3N4O2. The van der Waals surface area contributed by atoms with Crippen LogP contribution in [0.3, 0.4) is 0 Å². The van der Waals surface area contributed by atoms with E-state index in [4.69, 9.17) is 0 Å². The molecule has 0 aliphatic heterocycles. The van der Waals surface area contributed by atoms with Crippen LogP contribution in [0.4, 0.5) is 13.2 Å². The summed E-state index contributed by atoms with van der Waals surface area (Å²) in [4.78, 5) is 17.7. The minimum absolute atomic E-state index is 0.0368. The SMILES string of the molecule is CCCN(C)CC(C)NC(=O)c1ccc(-c2noc(C(F)(F)F)n2)cc1. The fourth-order valence-electron chi connectivity index (χ4n) is 2.52. The van der Waals surface area contributed by atoms with Crippen LogP contribution in [0.2, 0.25) is 0 Å². The highest BCUT2D eigenvalue weighted by atomic mass is 19.4. The van der Waals surface area contributed by atoms with Crippen molar-refractivity contribution in [3.05, 3.63) is 35.7 Å². The number of likely N-dealkylation sites (N-methyl/N-ethyl adjacent to an activating group) is 1. The van der Waals surface area contributed by atoms with E-state index in [1.165, 1.54) is 24.3 Å². The Hall–Kier alpha value is -2.42. The van der Waals surface area contributed by atoms with Crippen molar-refractivity contribution >= 4 is 5.91 Å². The molecule has 1 atom stereocenters. The average Bonchev–Trinajstić information content (AvgIpc) is 3.05. The summed E-state index contributed by atoms with van der Waals surface area (Å²) in [7, 11) is 1.99. The number of hydrogen-bond donors (Lipinski definition) is 1. The van der Waals surface area contributed by atoms with Crippen LogP contribution >= 0.6 is 0 Å². The van der Waals surface area contributed by atoms with Gasteiger partial charge in [0.25, 0.3) is 5.91 Å². The Bertz CT molecular complexity index is 728. The Labute approximate surface area is 149 Å². The standard InChI is InChI=1S/C17H21F3N4O2/c1-4-9-24(3)10-11(2)21-15(25)13-7-5-12(6-8-13)14-22-16(26-23-14)17(18,19)20/h5-8,11H,4,9-10H2,1-3H3,(H,21,25). The second kappa shape index (κ2) is 8.31. The fourth-order valence-corrected chi connectivity index (χ4v) is 2.52. The number of amides is 1. The summed E-state index contributed by atoms with van der Waals surface area (Å²) in [5, 5.41) is 6.20. The Morgan fingerprint density at radius 3 is 2.50 bits per heavy atom. The van der Waals surface area contributed by atoms with E-state index in [0.29, 0.717) is 11.1 Å². The van der Waals surface area contributed by atoms with E-state index in [0.717, 1.165) is 19.5 Å². The molecule has 1 N–H and O–H groups in total. The van der Waals surface area contributed by atoms with E-state index in [2.05, 4.69) is 31.8 Å². The minimum atomic E-state index is -4.69. The third-order valence-corrected chi connectivity index (χ3v) is 3.64. The molecule has 0 aliphatic carbocycles. The van der Waals surface area contributed by atoms with E-state index in [-0.39, 0.29) is 17.8 Å². The maximum Gasteiger partial charge on any atom is 0.471 e. The molecule has 1 aromatic carbocycles. The third kappa shape index (κ3) is 5.29. The molecule has 142 valence electrons. The highest BCUT2D eigenvalue weighted by Gasteiger charge is 2.38. The summed E-state index contributed by atoms with van der Waals surface area (Å²) in [6.45, 7) is 5.67. The van der Waals surface area contributed by atoms with Crippen molar-refractivity contribution in [1.82, 2.24) is 20.4 Å². The van der Waals surface area contributed by atoms with Crippen molar-refractivity contribution in [3.8, 4) is 11.4 Å². The topological polar surface area (TPSA) is 71.3 Å². The molecule has 1 unspecified atom stereocenters. The van der Waals surface area contributed by atoms with Gasteiger partial charge in [0.2, 0.25) is 5.82 Å². The van der Waals surface area contributed by atoms with Crippen LogP contribution in [0.15, 0.2) is 28.8 Å². The molecule has 0 fully saturated rings. The highest BCUT2D eigenvalue weighted by molar-refractivity contribution is 5.94. The zero-order chi connectivity index (χ0) is 19.3. The number of nitrogens with zero attached hydrogens (tertiary/aromatic N) is 3. The van der Waals surface area contributed by atoms with Crippen molar-refractivity contribution in [3.63, 3.8) is 0 Å². The molecule has 9 heteroatoms. The lowest BCUT2D eigenvalue weighted by Gasteiger charge is -2.21. The molecule has 1 heterocycles. The van der Waals surface area contributed by atoms with Crippen molar-refractivity contribution in [1.29, 1.82) is 0 Å². The number of hydrogen-bond acceptors (Lipinski definition) is 5.